The lowest BCUT2D eigenvalue weighted by Crippen LogP contribution is -2.06. The lowest BCUT2D eigenvalue weighted by atomic mass is 10.0. The molecule has 4 nitrogen and oxygen atoms in total. The normalized spacial score (nSPS) is 12.6. The molecular formula is C12H16N2O2S. The van der Waals surface area contributed by atoms with E-state index in [1.807, 2.05) is 12.3 Å². The predicted octanol–water partition coefficient (Wildman–Crippen LogP) is 2.21. The second-order valence-electron chi connectivity index (χ2n) is 3.31. The minimum absolute atomic E-state index is 0.327. The highest BCUT2D eigenvalue weighted by molar-refractivity contribution is 7.12. The Balaban J connectivity index is 3.07. The van der Waals surface area contributed by atoms with Crippen LogP contribution < -0.4 is 5.73 Å². The van der Waals surface area contributed by atoms with Gasteiger partial charge in [-0.1, -0.05) is 6.92 Å². The molecular weight excluding hydrogens is 236 g/mol. The van der Waals surface area contributed by atoms with Crippen LogP contribution in [0.2, 0.25) is 0 Å². The van der Waals surface area contributed by atoms with Gasteiger partial charge in [-0.25, -0.2) is 4.79 Å². The zero-order valence-electron chi connectivity index (χ0n) is 10.2. The third kappa shape index (κ3) is 2.94. The van der Waals surface area contributed by atoms with Crippen LogP contribution in [0, 0.1) is 0 Å². The molecule has 92 valence electrons. The zero-order chi connectivity index (χ0) is 12.8. The number of aliphatic imine (C=N–C) groups is 1. The summed E-state index contributed by atoms with van der Waals surface area (Å²) in [6.07, 6.45) is 2.35. The number of nitrogens with zero attached hydrogens (tertiary/aromatic N) is 1. The van der Waals surface area contributed by atoms with E-state index in [-0.39, 0.29) is 5.97 Å². The van der Waals surface area contributed by atoms with Crippen molar-refractivity contribution in [1.82, 2.24) is 0 Å². The minimum atomic E-state index is -0.327. The van der Waals surface area contributed by atoms with E-state index in [0.717, 1.165) is 23.3 Å². The maximum absolute atomic E-state index is 11.4. The third-order valence-electron chi connectivity index (χ3n) is 2.37. The largest absolute Gasteiger partial charge is 0.465 e. The van der Waals surface area contributed by atoms with Crippen LogP contribution in [0.4, 0.5) is 0 Å². The summed E-state index contributed by atoms with van der Waals surface area (Å²) in [6, 6.07) is 1.78. The number of methoxy groups -OCH3 is 1. The molecule has 0 aliphatic rings. The number of allylic oxidation sites excluding steroid dienone is 1. The molecule has 5 heteroatoms. The Morgan fingerprint density at radius 1 is 1.65 bits per heavy atom. The van der Waals surface area contributed by atoms with Crippen LogP contribution in [0.1, 0.15) is 28.6 Å². The molecule has 0 amide bonds. The minimum Gasteiger partial charge on any atom is -0.465 e. The molecule has 1 heterocycles. The Morgan fingerprint density at radius 2 is 2.35 bits per heavy atom. The first kappa shape index (κ1) is 13.4. The zero-order valence-corrected chi connectivity index (χ0v) is 11.0. The maximum Gasteiger partial charge on any atom is 0.348 e. The average molecular weight is 252 g/mol. The van der Waals surface area contributed by atoms with Gasteiger partial charge < -0.3 is 10.5 Å². The summed E-state index contributed by atoms with van der Waals surface area (Å²) in [6.45, 7) is 2.01. The lowest BCUT2D eigenvalue weighted by molar-refractivity contribution is 0.0606. The van der Waals surface area contributed by atoms with Crippen molar-refractivity contribution in [3.63, 3.8) is 0 Å². The number of hydrogen-bond acceptors (Lipinski definition) is 5. The van der Waals surface area contributed by atoms with Crippen molar-refractivity contribution < 1.29 is 9.53 Å². The highest BCUT2D eigenvalue weighted by atomic mass is 32.1. The molecule has 0 radical (unpaired) electrons. The van der Waals surface area contributed by atoms with E-state index in [1.54, 1.807) is 19.3 Å². The van der Waals surface area contributed by atoms with E-state index < -0.39 is 0 Å². The quantitative estimate of drug-likeness (QED) is 0.660. The molecule has 0 aliphatic carbocycles. The molecule has 1 rings (SSSR count). The fourth-order valence-electron chi connectivity index (χ4n) is 1.49. The summed E-state index contributed by atoms with van der Waals surface area (Å²) in [5.41, 5.74) is 8.24. The first-order valence-corrected chi connectivity index (χ1v) is 6.11. The molecule has 0 spiro atoms. The van der Waals surface area contributed by atoms with Crippen LogP contribution in [-0.2, 0) is 4.74 Å². The second kappa shape index (κ2) is 6.20. The van der Waals surface area contributed by atoms with E-state index in [1.165, 1.54) is 18.4 Å². The second-order valence-corrected chi connectivity index (χ2v) is 4.22. The summed E-state index contributed by atoms with van der Waals surface area (Å²) >= 11 is 1.34. The van der Waals surface area contributed by atoms with E-state index in [4.69, 9.17) is 5.73 Å². The van der Waals surface area contributed by atoms with Crippen LogP contribution >= 0.6 is 11.3 Å². The number of rotatable bonds is 4. The fourth-order valence-corrected chi connectivity index (χ4v) is 2.30. The molecule has 0 unspecified atom stereocenters. The molecule has 0 saturated carbocycles. The standard InChI is InChI=1S/C12H16N2O2S/c1-4-8(6-13)11(14-2)9-5-10(17-7-9)12(15)16-3/h5-7H,4,13H2,1-3H3. The predicted molar refractivity (Wildman–Crippen MR) is 70.7 cm³/mol. The van der Waals surface area contributed by atoms with Crippen molar-refractivity contribution in [1.29, 1.82) is 0 Å². The SMILES string of the molecule is CCC(=CN)C(=NC)c1csc(C(=O)OC)c1. The topological polar surface area (TPSA) is 64.7 Å². The molecule has 1 aromatic heterocycles. The first-order valence-electron chi connectivity index (χ1n) is 5.23. The van der Waals surface area contributed by atoms with Crippen LogP contribution in [0.25, 0.3) is 0 Å². The number of carbonyl (C=O) groups is 1. The van der Waals surface area contributed by atoms with Crippen LogP contribution in [0.5, 0.6) is 0 Å². The van der Waals surface area contributed by atoms with Gasteiger partial charge in [0, 0.05) is 18.0 Å². The lowest BCUT2D eigenvalue weighted by Gasteiger charge is -2.05. The van der Waals surface area contributed by atoms with Crippen molar-refractivity contribution in [3.8, 4) is 0 Å². The van der Waals surface area contributed by atoms with Crippen LogP contribution in [0.3, 0.4) is 0 Å². The van der Waals surface area contributed by atoms with Gasteiger partial charge in [0.2, 0.25) is 0 Å². The fraction of sp³-hybridized carbons (Fsp3) is 0.333. The van der Waals surface area contributed by atoms with Crippen molar-refractivity contribution >= 4 is 23.0 Å². The smallest absolute Gasteiger partial charge is 0.348 e. The van der Waals surface area contributed by atoms with Gasteiger partial charge in [-0.3, -0.25) is 4.99 Å². The molecule has 0 aliphatic heterocycles. The molecule has 0 atom stereocenters. The van der Waals surface area contributed by atoms with Crippen LogP contribution in [-0.4, -0.2) is 25.8 Å². The monoisotopic (exact) mass is 252 g/mol. The number of thiophene rings is 1. The highest BCUT2D eigenvalue weighted by Gasteiger charge is 2.13. The number of ether oxygens (including phenoxy) is 1. The van der Waals surface area contributed by atoms with Gasteiger partial charge in [-0.2, -0.15) is 0 Å². The Labute approximate surface area is 105 Å². The van der Waals surface area contributed by atoms with Crippen molar-refractivity contribution in [3.05, 3.63) is 33.7 Å². The summed E-state index contributed by atoms with van der Waals surface area (Å²) < 4.78 is 4.67. The Hall–Kier alpha value is -1.62. The molecule has 0 bridgehead atoms. The molecule has 0 saturated heterocycles. The van der Waals surface area contributed by atoms with Gasteiger partial charge in [0.15, 0.2) is 0 Å². The Morgan fingerprint density at radius 3 is 2.82 bits per heavy atom. The summed E-state index contributed by atoms with van der Waals surface area (Å²) in [5.74, 6) is -0.327. The summed E-state index contributed by atoms with van der Waals surface area (Å²) in [5, 5.41) is 1.88. The Kier molecular flexibility index (Phi) is 4.90. The van der Waals surface area contributed by atoms with Crippen molar-refractivity contribution in [2.75, 3.05) is 14.2 Å². The van der Waals surface area contributed by atoms with E-state index in [9.17, 15) is 4.79 Å². The molecule has 1 aromatic rings. The molecule has 0 fully saturated rings. The van der Waals surface area contributed by atoms with Gasteiger partial charge in [-0.15, -0.1) is 11.3 Å². The van der Waals surface area contributed by atoms with Crippen molar-refractivity contribution in [2.24, 2.45) is 10.7 Å². The van der Waals surface area contributed by atoms with Crippen molar-refractivity contribution in [2.45, 2.75) is 13.3 Å². The van der Waals surface area contributed by atoms with Gasteiger partial charge in [0.1, 0.15) is 4.88 Å². The number of esters is 1. The van der Waals surface area contributed by atoms with Gasteiger partial charge in [0.05, 0.1) is 12.8 Å². The average Bonchev–Trinajstić information content (AvgIpc) is 2.83. The third-order valence-corrected chi connectivity index (χ3v) is 3.28. The Bertz CT molecular complexity index is 461. The van der Waals surface area contributed by atoms with Gasteiger partial charge >= 0.3 is 5.97 Å². The number of carbonyl (C=O) groups excluding carboxylic acids is 1. The van der Waals surface area contributed by atoms with E-state index >= 15 is 0 Å². The van der Waals surface area contributed by atoms with Crippen LogP contribution in [0.15, 0.2) is 28.2 Å². The van der Waals surface area contributed by atoms with E-state index in [0.29, 0.717) is 4.88 Å². The number of nitrogens with two attached hydrogens (primary N) is 1. The van der Waals surface area contributed by atoms with E-state index in [2.05, 4.69) is 9.73 Å². The molecule has 0 aromatic carbocycles. The van der Waals surface area contributed by atoms with Gasteiger partial charge in [-0.05, 0) is 24.3 Å². The van der Waals surface area contributed by atoms with Gasteiger partial charge in [0.25, 0.3) is 0 Å². The maximum atomic E-state index is 11.4. The summed E-state index contributed by atoms with van der Waals surface area (Å²) in [7, 11) is 3.08. The number of hydrogen-bond donors (Lipinski definition) is 1. The first-order chi connectivity index (χ1) is 8.17. The summed E-state index contributed by atoms with van der Waals surface area (Å²) in [4.78, 5) is 16.1. The highest BCUT2D eigenvalue weighted by Crippen LogP contribution is 2.20. The molecule has 17 heavy (non-hydrogen) atoms. The molecule has 2 N–H and O–H groups in total.